The highest BCUT2D eigenvalue weighted by molar-refractivity contribution is 4.82. The summed E-state index contributed by atoms with van der Waals surface area (Å²) in [7, 11) is 0. The Balaban J connectivity index is 1.71. The molecular weight excluding hydrogens is 288 g/mol. The topological polar surface area (TPSA) is 35.9 Å². The summed E-state index contributed by atoms with van der Waals surface area (Å²) in [6.07, 6.45) is 3.74. The van der Waals surface area contributed by atoms with Crippen molar-refractivity contribution < 1.29 is 9.84 Å². The van der Waals surface area contributed by atoms with Gasteiger partial charge in [-0.05, 0) is 37.1 Å². The molecule has 1 saturated carbocycles. The Morgan fingerprint density at radius 3 is 2.35 bits per heavy atom. The maximum absolute atomic E-state index is 10.4. The van der Waals surface area contributed by atoms with Crippen LogP contribution >= 0.6 is 0 Å². The normalized spacial score (nSPS) is 32.3. The Hall–Kier alpha value is -0.160. The first kappa shape index (κ1) is 19.2. The minimum Gasteiger partial charge on any atom is -0.389 e. The summed E-state index contributed by atoms with van der Waals surface area (Å²) in [5, 5.41) is 10.4. The van der Waals surface area contributed by atoms with Gasteiger partial charge in [0.15, 0.2) is 0 Å². The Kier molecular flexibility index (Phi) is 7.80. The van der Waals surface area contributed by atoms with Crippen molar-refractivity contribution in [3.63, 3.8) is 0 Å². The van der Waals surface area contributed by atoms with Crippen molar-refractivity contribution in [1.29, 1.82) is 0 Å². The molecule has 2 fully saturated rings. The molecule has 2 rings (SSSR count). The SMILES string of the molecule is CCN1CCN(C[C@@H](O)CO[C@H]2C[C@H](C)CC[C@@H]2C(C)C)CC1. The highest BCUT2D eigenvalue weighted by Gasteiger charge is 2.31. The van der Waals surface area contributed by atoms with E-state index in [-0.39, 0.29) is 6.10 Å². The fourth-order valence-electron chi connectivity index (χ4n) is 4.18. The molecule has 0 bridgehead atoms. The molecule has 1 aliphatic heterocycles. The van der Waals surface area contributed by atoms with Crippen molar-refractivity contribution >= 4 is 0 Å². The third kappa shape index (κ3) is 6.00. The highest BCUT2D eigenvalue weighted by Crippen LogP contribution is 2.35. The smallest absolute Gasteiger partial charge is 0.0900 e. The second kappa shape index (κ2) is 9.36. The van der Waals surface area contributed by atoms with Crippen LogP contribution in [-0.4, -0.2) is 73.0 Å². The zero-order chi connectivity index (χ0) is 16.8. The van der Waals surface area contributed by atoms with E-state index in [4.69, 9.17) is 4.74 Å². The molecule has 0 spiro atoms. The van der Waals surface area contributed by atoms with E-state index in [1.54, 1.807) is 0 Å². The van der Waals surface area contributed by atoms with Crippen LogP contribution in [0.25, 0.3) is 0 Å². The molecule has 1 aliphatic carbocycles. The number of nitrogens with zero attached hydrogens (tertiary/aromatic N) is 2. The molecule has 1 N–H and O–H groups in total. The minimum absolute atomic E-state index is 0.338. The van der Waals surface area contributed by atoms with Gasteiger partial charge < -0.3 is 14.7 Å². The summed E-state index contributed by atoms with van der Waals surface area (Å²) in [4.78, 5) is 4.85. The summed E-state index contributed by atoms with van der Waals surface area (Å²) in [5.41, 5.74) is 0. The lowest BCUT2D eigenvalue weighted by Gasteiger charge is -2.38. The van der Waals surface area contributed by atoms with Gasteiger partial charge in [-0.1, -0.05) is 34.1 Å². The quantitative estimate of drug-likeness (QED) is 0.780. The molecule has 136 valence electrons. The molecule has 2 aliphatic rings. The summed E-state index contributed by atoms with van der Waals surface area (Å²) >= 11 is 0. The summed E-state index contributed by atoms with van der Waals surface area (Å²) < 4.78 is 6.19. The second-order valence-electron chi connectivity index (χ2n) is 8.09. The van der Waals surface area contributed by atoms with Crippen LogP contribution in [-0.2, 0) is 4.74 Å². The van der Waals surface area contributed by atoms with Crippen LogP contribution in [0.5, 0.6) is 0 Å². The van der Waals surface area contributed by atoms with Gasteiger partial charge in [-0.2, -0.15) is 0 Å². The number of hydrogen-bond acceptors (Lipinski definition) is 4. The summed E-state index contributed by atoms with van der Waals surface area (Å²) in [5.74, 6) is 2.09. The van der Waals surface area contributed by atoms with E-state index in [9.17, 15) is 5.11 Å². The van der Waals surface area contributed by atoms with Crippen molar-refractivity contribution in [3.8, 4) is 0 Å². The molecule has 1 saturated heterocycles. The van der Waals surface area contributed by atoms with Crippen molar-refractivity contribution in [2.24, 2.45) is 17.8 Å². The third-order valence-corrected chi connectivity index (χ3v) is 5.85. The van der Waals surface area contributed by atoms with Crippen LogP contribution in [0, 0.1) is 17.8 Å². The molecule has 4 atom stereocenters. The number of aliphatic hydroxyl groups excluding tert-OH is 1. The second-order valence-corrected chi connectivity index (χ2v) is 8.09. The summed E-state index contributed by atoms with van der Waals surface area (Å²) in [6.45, 7) is 15.9. The van der Waals surface area contributed by atoms with Crippen LogP contribution in [0.1, 0.15) is 47.0 Å². The Morgan fingerprint density at radius 2 is 1.74 bits per heavy atom. The van der Waals surface area contributed by atoms with Crippen LogP contribution < -0.4 is 0 Å². The number of β-amino-alcohol motifs (C(OH)–C–C–N with tert-alkyl or cyclic N) is 1. The molecule has 0 aromatic heterocycles. The number of piperazine rings is 1. The predicted octanol–water partition coefficient (Wildman–Crippen LogP) is 2.46. The number of aliphatic hydroxyl groups is 1. The van der Waals surface area contributed by atoms with Gasteiger partial charge in [0.05, 0.1) is 18.8 Å². The first-order valence-electron chi connectivity index (χ1n) is 9.74. The van der Waals surface area contributed by atoms with Gasteiger partial charge in [0.1, 0.15) is 0 Å². The first-order chi connectivity index (χ1) is 11.0. The molecule has 4 heteroatoms. The monoisotopic (exact) mass is 326 g/mol. The Labute approximate surface area is 143 Å². The zero-order valence-electron chi connectivity index (χ0n) is 15.7. The maximum Gasteiger partial charge on any atom is 0.0900 e. The molecule has 1 heterocycles. The zero-order valence-corrected chi connectivity index (χ0v) is 15.7. The van der Waals surface area contributed by atoms with Gasteiger partial charge >= 0.3 is 0 Å². The van der Waals surface area contributed by atoms with Crippen LogP contribution in [0.3, 0.4) is 0 Å². The maximum atomic E-state index is 10.4. The molecule has 0 amide bonds. The van der Waals surface area contributed by atoms with Gasteiger partial charge in [0.25, 0.3) is 0 Å². The fourth-order valence-corrected chi connectivity index (χ4v) is 4.18. The van der Waals surface area contributed by atoms with Gasteiger partial charge in [-0.3, -0.25) is 4.90 Å². The van der Waals surface area contributed by atoms with Crippen LogP contribution in [0.2, 0.25) is 0 Å². The Bertz CT molecular complexity index is 329. The molecule has 4 nitrogen and oxygen atoms in total. The van der Waals surface area contributed by atoms with E-state index in [2.05, 4.69) is 37.5 Å². The average molecular weight is 327 g/mol. The largest absolute Gasteiger partial charge is 0.389 e. The van der Waals surface area contributed by atoms with Gasteiger partial charge in [-0.15, -0.1) is 0 Å². The third-order valence-electron chi connectivity index (χ3n) is 5.85. The summed E-state index contributed by atoms with van der Waals surface area (Å²) in [6, 6.07) is 0. The lowest BCUT2D eigenvalue weighted by Crippen LogP contribution is -2.49. The number of likely N-dealkylation sites (N-methyl/N-ethyl adjacent to an activating group) is 1. The first-order valence-corrected chi connectivity index (χ1v) is 9.74. The van der Waals surface area contributed by atoms with Crippen LogP contribution in [0.15, 0.2) is 0 Å². The van der Waals surface area contributed by atoms with Crippen molar-refractivity contribution in [2.45, 2.75) is 59.2 Å². The van der Waals surface area contributed by atoms with Gasteiger partial charge in [-0.25, -0.2) is 0 Å². The lowest BCUT2D eigenvalue weighted by molar-refractivity contribution is -0.0753. The highest BCUT2D eigenvalue weighted by atomic mass is 16.5. The number of hydrogen-bond donors (Lipinski definition) is 1. The van der Waals surface area contributed by atoms with Crippen molar-refractivity contribution in [2.75, 3.05) is 45.9 Å². The van der Waals surface area contributed by atoms with Crippen molar-refractivity contribution in [3.05, 3.63) is 0 Å². The average Bonchev–Trinajstić information content (AvgIpc) is 2.53. The standard InChI is InChI=1S/C19H38N2O2/c1-5-20-8-10-21(11-9-20)13-17(22)14-23-19-12-16(4)6-7-18(19)15(2)3/h15-19,22H,5-14H2,1-4H3/t16-,17-,18-,19+/m1/s1. The van der Waals surface area contributed by atoms with E-state index >= 15 is 0 Å². The van der Waals surface area contributed by atoms with E-state index in [1.807, 2.05) is 0 Å². The van der Waals surface area contributed by atoms with Crippen molar-refractivity contribution in [1.82, 2.24) is 9.80 Å². The molecule has 23 heavy (non-hydrogen) atoms. The number of ether oxygens (including phenoxy) is 1. The van der Waals surface area contributed by atoms with E-state index < -0.39 is 0 Å². The van der Waals surface area contributed by atoms with E-state index in [0.29, 0.717) is 24.5 Å². The molecule has 0 aromatic rings. The molecule has 0 radical (unpaired) electrons. The predicted molar refractivity (Wildman–Crippen MR) is 95.6 cm³/mol. The van der Waals surface area contributed by atoms with Gasteiger partial charge in [0, 0.05) is 32.7 Å². The van der Waals surface area contributed by atoms with Gasteiger partial charge in [0.2, 0.25) is 0 Å². The fraction of sp³-hybridized carbons (Fsp3) is 1.00. The Morgan fingerprint density at radius 1 is 1.09 bits per heavy atom. The molecule has 0 aromatic carbocycles. The van der Waals surface area contributed by atoms with E-state index in [0.717, 1.165) is 51.6 Å². The van der Waals surface area contributed by atoms with E-state index in [1.165, 1.54) is 12.8 Å². The minimum atomic E-state index is -0.353. The molecule has 0 unspecified atom stereocenters. The molecular formula is C19H38N2O2. The lowest BCUT2D eigenvalue weighted by atomic mass is 9.75. The number of rotatable bonds is 7. The van der Waals surface area contributed by atoms with Crippen LogP contribution in [0.4, 0.5) is 0 Å².